The van der Waals surface area contributed by atoms with Gasteiger partial charge in [-0.25, -0.2) is 4.98 Å². The molecule has 0 aliphatic carbocycles. The van der Waals surface area contributed by atoms with Crippen molar-refractivity contribution in [3.63, 3.8) is 0 Å². The minimum Gasteiger partial charge on any atom is -0.368 e. The molecule has 6 nitrogen and oxygen atoms in total. The van der Waals surface area contributed by atoms with Crippen LogP contribution < -0.4 is 4.90 Å². The lowest BCUT2D eigenvalue weighted by Crippen LogP contribution is -2.52. The molecule has 2 aliphatic rings. The Bertz CT molecular complexity index is 1110. The molecular formula is C27H35N5O. The Kier molecular flexibility index (Phi) is 6.36. The molecule has 6 heteroatoms. The molecule has 2 aromatic carbocycles. The van der Waals surface area contributed by atoms with Crippen LogP contribution >= 0.6 is 0 Å². The van der Waals surface area contributed by atoms with Crippen molar-refractivity contribution in [2.75, 3.05) is 44.2 Å². The summed E-state index contributed by atoms with van der Waals surface area (Å²) in [4.78, 5) is 25.2. The Hall–Kier alpha value is -2.86. The van der Waals surface area contributed by atoms with E-state index in [9.17, 15) is 4.79 Å². The number of para-hydroxylation sites is 3. The third-order valence-electron chi connectivity index (χ3n) is 7.32. The largest absolute Gasteiger partial charge is 0.368 e. The standard InChI is InChI=1S/C27H35N5O/c1-3-32-25-13-7-5-11-23(25)28-26(32)20-29-14-8-10-22(19-29)27(33)31-17-15-30(16-18-31)24-12-6-4-9-21(24)2/h4-7,9,11-13,22H,3,8,10,14-20H2,1-2H3/t22-/m1/s1. The van der Waals surface area contributed by atoms with E-state index in [0.717, 1.165) is 76.5 Å². The number of amides is 1. The molecule has 33 heavy (non-hydrogen) atoms. The SMILES string of the molecule is CCn1c(CN2CCC[C@@H](C(=O)N3CCN(c4ccccc4C)CC3)C2)nc2ccccc21. The first kappa shape index (κ1) is 22.0. The van der Waals surface area contributed by atoms with E-state index in [1.165, 1.54) is 16.8 Å². The van der Waals surface area contributed by atoms with Crippen molar-refractivity contribution in [2.45, 2.75) is 39.8 Å². The number of likely N-dealkylation sites (tertiary alicyclic amines) is 1. The number of fused-ring (bicyclic) bond motifs is 1. The van der Waals surface area contributed by atoms with Gasteiger partial charge in [0.2, 0.25) is 5.91 Å². The number of rotatable bonds is 5. The van der Waals surface area contributed by atoms with Crippen molar-refractivity contribution < 1.29 is 4.79 Å². The van der Waals surface area contributed by atoms with E-state index in [2.05, 4.69) is 75.6 Å². The lowest BCUT2D eigenvalue weighted by Gasteiger charge is -2.40. The number of aromatic nitrogens is 2. The second kappa shape index (κ2) is 9.56. The number of piperidine rings is 1. The number of hydrogen-bond donors (Lipinski definition) is 0. The lowest BCUT2D eigenvalue weighted by atomic mass is 9.96. The molecule has 3 aromatic rings. The predicted molar refractivity (Wildman–Crippen MR) is 133 cm³/mol. The molecule has 2 saturated heterocycles. The molecule has 1 atom stereocenters. The summed E-state index contributed by atoms with van der Waals surface area (Å²) >= 11 is 0. The van der Waals surface area contributed by atoms with Crippen LogP contribution in [0.15, 0.2) is 48.5 Å². The van der Waals surface area contributed by atoms with Crippen molar-refractivity contribution in [3.05, 3.63) is 59.9 Å². The average Bonchev–Trinajstić information content (AvgIpc) is 3.21. The fraction of sp³-hybridized carbons (Fsp3) is 0.481. The molecule has 5 rings (SSSR count). The molecule has 0 saturated carbocycles. The highest BCUT2D eigenvalue weighted by molar-refractivity contribution is 5.79. The number of hydrogen-bond acceptors (Lipinski definition) is 4. The van der Waals surface area contributed by atoms with E-state index < -0.39 is 0 Å². The van der Waals surface area contributed by atoms with Crippen molar-refractivity contribution in [2.24, 2.45) is 5.92 Å². The monoisotopic (exact) mass is 445 g/mol. The van der Waals surface area contributed by atoms with E-state index in [4.69, 9.17) is 4.98 Å². The van der Waals surface area contributed by atoms with Crippen LogP contribution in [0.25, 0.3) is 11.0 Å². The topological polar surface area (TPSA) is 44.6 Å². The van der Waals surface area contributed by atoms with Gasteiger partial charge in [-0.1, -0.05) is 30.3 Å². The zero-order valence-electron chi connectivity index (χ0n) is 19.9. The highest BCUT2D eigenvalue weighted by Crippen LogP contribution is 2.25. The van der Waals surface area contributed by atoms with E-state index in [1.54, 1.807) is 0 Å². The summed E-state index contributed by atoms with van der Waals surface area (Å²) in [7, 11) is 0. The molecule has 2 aliphatic heterocycles. The first-order valence-corrected chi connectivity index (χ1v) is 12.4. The maximum atomic E-state index is 13.4. The van der Waals surface area contributed by atoms with Crippen LogP contribution in [0.1, 0.15) is 31.2 Å². The van der Waals surface area contributed by atoms with Crippen molar-refractivity contribution in [1.29, 1.82) is 0 Å². The molecule has 0 bridgehead atoms. The smallest absolute Gasteiger partial charge is 0.227 e. The number of benzene rings is 2. The molecule has 1 amide bonds. The van der Waals surface area contributed by atoms with Gasteiger partial charge >= 0.3 is 0 Å². The average molecular weight is 446 g/mol. The normalized spacial score (nSPS) is 19.9. The third-order valence-corrected chi connectivity index (χ3v) is 7.32. The zero-order valence-corrected chi connectivity index (χ0v) is 19.9. The summed E-state index contributed by atoms with van der Waals surface area (Å²) in [5.74, 6) is 1.55. The molecule has 174 valence electrons. The van der Waals surface area contributed by atoms with Crippen molar-refractivity contribution >= 4 is 22.6 Å². The van der Waals surface area contributed by atoms with Gasteiger partial charge < -0.3 is 14.4 Å². The van der Waals surface area contributed by atoms with E-state index in [-0.39, 0.29) is 5.92 Å². The predicted octanol–water partition coefficient (Wildman–Crippen LogP) is 3.93. The lowest BCUT2D eigenvalue weighted by molar-refractivity contribution is -0.137. The summed E-state index contributed by atoms with van der Waals surface area (Å²) in [6.45, 7) is 11.4. The van der Waals surface area contributed by atoms with E-state index in [0.29, 0.717) is 5.91 Å². The summed E-state index contributed by atoms with van der Waals surface area (Å²) in [5, 5.41) is 0. The summed E-state index contributed by atoms with van der Waals surface area (Å²) < 4.78 is 2.31. The molecular weight excluding hydrogens is 410 g/mol. The molecule has 0 spiro atoms. The Balaban J connectivity index is 1.21. The van der Waals surface area contributed by atoms with Crippen LogP contribution in [0.5, 0.6) is 0 Å². The number of aryl methyl sites for hydroxylation is 2. The molecule has 0 N–H and O–H groups in total. The highest BCUT2D eigenvalue weighted by Gasteiger charge is 2.31. The molecule has 0 unspecified atom stereocenters. The summed E-state index contributed by atoms with van der Waals surface area (Å²) in [6, 6.07) is 16.9. The van der Waals surface area contributed by atoms with Gasteiger partial charge in [0.1, 0.15) is 5.82 Å². The highest BCUT2D eigenvalue weighted by atomic mass is 16.2. The first-order chi connectivity index (χ1) is 16.1. The van der Waals surface area contributed by atoms with E-state index in [1.807, 2.05) is 6.07 Å². The Morgan fingerprint density at radius 1 is 1.00 bits per heavy atom. The maximum absolute atomic E-state index is 13.4. The van der Waals surface area contributed by atoms with Gasteiger partial charge in [0.05, 0.1) is 23.5 Å². The number of piperazine rings is 1. The number of imidazole rings is 1. The second-order valence-corrected chi connectivity index (χ2v) is 9.43. The van der Waals surface area contributed by atoms with Gasteiger partial charge in [0, 0.05) is 45.0 Å². The van der Waals surface area contributed by atoms with Gasteiger partial charge in [-0.2, -0.15) is 0 Å². The van der Waals surface area contributed by atoms with Gasteiger partial charge in [-0.05, 0) is 57.0 Å². The van der Waals surface area contributed by atoms with Crippen LogP contribution in [-0.2, 0) is 17.9 Å². The van der Waals surface area contributed by atoms with Crippen molar-refractivity contribution in [3.8, 4) is 0 Å². The number of anilines is 1. The maximum Gasteiger partial charge on any atom is 0.227 e. The number of carbonyl (C=O) groups excluding carboxylic acids is 1. The fourth-order valence-electron chi connectivity index (χ4n) is 5.54. The van der Waals surface area contributed by atoms with Crippen LogP contribution in [-0.4, -0.2) is 64.5 Å². The molecule has 1 aromatic heterocycles. The molecule has 2 fully saturated rings. The summed E-state index contributed by atoms with van der Waals surface area (Å²) in [6.07, 6.45) is 2.07. The van der Waals surface area contributed by atoms with Gasteiger partial charge in [-0.15, -0.1) is 0 Å². The van der Waals surface area contributed by atoms with Crippen molar-refractivity contribution in [1.82, 2.24) is 19.4 Å². The molecule has 0 radical (unpaired) electrons. The zero-order chi connectivity index (χ0) is 22.8. The van der Waals surface area contributed by atoms with Crippen LogP contribution in [0, 0.1) is 12.8 Å². The Labute approximate surface area is 196 Å². The minimum absolute atomic E-state index is 0.100. The van der Waals surface area contributed by atoms with E-state index >= 15 is 0 Å². The quantitative estimate of drug-likeness (QED) is 0.597. The number of nitrogens with zero attached hydrogens (tertiary/aromatic N) is 5. The van der Waals surface area contributed by atoms with Gasteiger partial charge in [-0.3, -0.25) is 9.69 Å². The van der Waals surface area contributed by atoms with Crippen LogP contribution in [0.3, 0.4) is 0 Å². The van der Waals surface area contributed by atoms with Gasteiger partial charge in [0.15, 0.2) is 0 Å². The van der Waals surface area contributed by atoms with Crippen LogP contribution in [0.4, 0.5) is 5.69 Å². The van der Waals surface area contributed by atoms with Gasteiger partial charge in [0.25, 0.3) is 0 Å². The van der Waals surface area contributed by atoms with Crippen LogP contribution in [0.2, 0.25) is 0 Å². The molecule has 3 heterocycles. The Morgan fingerprint density at radius 2 is 1.76 bits per heavy atom. The Morgan fingerprint density at radius 3 is 2.55 bits per heavy atom. The minimum atomic E-state index is 0.100. The fourth-order valence-corrected chi connectivity index (χ4v) is 5.54. The second-order valence-electron chi connectivity index (χ2n) is 9.43. The third kappa shape index (κ3) is 4.49. The number of carbonyl (C=O) groups is 1. The summed E-state index contributed by atoms with van der Waals surface area (Å²) in [5.41, 5.74) is 4.86. The first-order valence-electron chi connectivity index (χ1n) is 12.4.